The lowest BCUT2D eigenvalue weighted by molar-refractivity contribution is -0.138. The van der Waals surface area contributed by atoms with Crippen LogP contribution in [0.25, 0.3) is 0 Å². The predicted molar refractivity (Wildman–Crippen MR) is 118 cm³/mol. The Morgan fingerprint density at radius 2 is 1.42 bits per heavy atom. The van der Waals surface area contributed by atoms with E-state index in [1.807, 2.05) is 0 Å². The van der Waals surface area contributed by atoms with E-state index in [2.05, 4.69) is 16.7 Å². The van der Waals surface area contributed by atoms with Crippen molar-refractivity contribution in [3.05, 3.63) is 77.4 Å². The predicted octanol–water partition coefficient (Wildman–Crippen LogP) is 4.84. The number of ether oxygens (including phenoxy) is 1. The van der Waals surface area contributed by atoms with Gasteiger partial charge in [-0.3, -0.25) is 9.05 Å². The first-order valence-corrected chi connectivity index (χ1v) is 11.4. The van der Waals surface area contributed by atoms with Gasteiger partial charge in [0.1, 0.15) is 11.0 Å². The smallest absolute Gasteiger partial charge is 0.461 e. The van der Waals surface area contributed by atoms with E-state index in [1.165, 1.54) is 0 Å². The number of carbonyl (C=O) groups excluding carboxylic acids is 1. The van der Waals surface area contributed by atoms with Crippen LogP contribution < -0.4 is 0 Å². The van der Waals surface area contributed by atoms with Gasteiger partial charge in [-0.2, -0.15) is 5.26 Å². The van der Waals surface area contributed by atoms with Crippen LogP contribution in [-0.4, -0.2) is 31.7 Å². The lowest BCUT2D eigenvalue weighted by Gasteiger charge is -2.28. The van der Waals surface area contributed by atoms with Crippen molar-refractivity contribution in [1.29, 1.82) is 5.26 Å². The number of nitrogens with zero attached hydrogens (tertiary/aromatic N) is 2. The minimum Gasteiger partial charge on any atom is -0.462 e. The molecule has 0 spiro atoms. The molecule has 162 valence electrons. The standard InChI is InChI=1S/C23H25N2O5P/c1-4-28-22(26)21(17-25-31(27,29-5-2)30-6-3)23(18-24,19-13-9-7-10-14-19)20-15-11-8-12-16-20/h7-16H,4-6H2,1-3H3. The SMILES string of the molecule is CCOC(=O)C(=C=NP(=O)(OCC)OCC)C(C#N)(c1ccccc1)c1ccccc1. The van der Waals surface area contributed by atoms with Gasteiger partial charge in [0.15, 0.2) is 0 Å². The fourth-order valence-electron chi connectivity index (χ4n) is 3.04. The minimum absolute atomic E-state index is 0.0731. The zero-order chi connectivity index (χ0) is 22.7. The number of benzene rings is 2. The maximum absolute atomic E-state index is 13.0. The normalized spacial score (nSPS) is 11.2. The Morgan fingerprint density at radius 1 is 0.935 bits per heavy atom. The van der Waals surface area contributed by atoms with Gasteiger partial charge in [-0.15, -0.1) is 4.76 Å². The fraction of sp³-hybridized carbons (Fsp3) is 0.304. The first-order valence-electron chi connectivity index (χ1n) is 9.91. The largest absolute Gasteiger partial charge is 0.462 e. The van der Waals surface area contributed by atoms with E-state index in [1.54, 1.807) is 81.4 Å². The number of rotatable bonds is 10. The van der Waals surface area contributed by atoms with Gasteiger partial charge >= 0.3 is 13.7 Å². The third-order valence-electron chi connectivity index (χ3n) is 4.30. The lowest BCUT2D eigenvalue weighted by atomic mass is 9.70. The average molecular weight is 440 g/mol. The summed E-state index contributed by atoms with van der Waals surface area (Å²) in [6.07, 6.45) is 0. The molecule has 31 heavy (non-hydrogen) atoms. The summed E-state index contributed by atoms with van der Waals surface area (Å²) in [6.45, 7) is 5.17. The minimum atomic E-state index is -3.92. The van der Waals surface area contributed by atoms with E-state index in [0.29, 0.717) is 11.1 Å². The molecule has 0 saturated carbocycles. The van der Waals surface area contributed by atoms with Crippen LogP contribution in [0.15, 0.2) is 71.0 Å². The molecule has 2 rings (SSSR count). The molecule has 0 heterocycles. The van der Waals surface area contributed by atoms with E-state index in [9.17, 15) is 14.6 Å². The second-order valence-corrected chi connectivity index (χ2v) is 7.86. The first-order chi connectivity index (χ1) is 15.0. The van der Waals surface area contributed by atoms with E-state index < -0.39 is 19.1 Å². The molecule has 0 radical (unpaired) electrons. The molecule has 7 nitrogen and oxygen atoms in total. The molecule has 0 amide bonds. The average Bonchev–Trinajstić information content (AvgIpc) is 2.78. The first kappa shape index (κ1) is 24.3. The summed E-state index contributed by atoms with van der Waals surface area (Å²) in [5.41, 5.74) is -0.801. The van der Waals surface area contributed by atoms with Gasteiger partial charge in [0, 0.05) is 5.87 Å². The molecule has 0 saturated heterocycles. The highest BCUT2D eigenvalue weighted by Crippen LogP contribution is 2.49. The fourth-order valence-corrected chi connectivity index (χ4v) is 4.10. The van der Waals surface area contributed by atoms with Gasteiger partial charge in [-0.25, -0.2) is 9.36 Å². The van der Waals surface area contributed by atoms with Crippen LogP contribution in [0.1, 0.15) is 31.9 Å². The van der Waals surface area contributed by atoms with Crippen molar-refractivity contribution in [2.45, 2.75) is 26.2 Å². The number of hydrogen-bond acceptors (Lipinski definition) is 6. The molecule has 0 aliphatic heterocycles. The Hall–Kier alpha value is -3.00. The van der Waals surface area contributed by atoms with Crippen LogP contribution in [0.2, 0.25) is 0 Å². The van der Waals surface area contributed by atoms with Crippen molar-refractivity contribution in [2.75, 3.05) is 19.8 Å². The molecule has 0 atom stereocenters. The van der Waals surface area contributed by atoms with Gasteiger partial charge < -0.3 is 4.74 Å². The Balaban J connectivity index is 2.90. The van der Waals surface area contributed by atoms with Gasteiger partial charge in [0.05, 0.1) is 25.9 Å². The summed E-state index contributed by atoms with van der Waals surface area (Å²) in [7, 11) is -3.92. The highest BCUT2D eigenvalue weighted by molar-refractivity contribution is 7.52. The van der Waals surface area contributed by atoms with Crippen LogP contribution in [0.5, 0.6) is 0 Å². The Kier molecular flexibility index (Phi) is 8.93. The van der Waals surface area contributed by atoms with Crippen LogP contribution in [-0.2, 0) is 28.6 Å². The van der Waals surface area contributed by atoms with Gasteiger partial charge in [0.25, 0.3) is 0 Å². The zero-order valence-electron chi connectivity index (χ0n) is 17.8. The molecule has 8 heteroatoms. The molecule has 0 aliphatic rings. The van der Waals surface area contributed by atoms with E-state index in [0.717, 1.165) is 0 Å². The molecule has 0 bridgehead atoms. The molecule has 0 N–H and O–H groups in total. The van der Waals surface area contributed by atoms with Crippen molar-refractivity contribution in [2.24, 2.45) is 4.76 Å². The van der Waals surface area contributed by atoms with Gasteiger partial charge in [-0.1, -0.05) is 60.7 Å². The topological polar surface area (TPSA) is 98.0 Å². The maximum Gasteiger partial charge on any atom is 0.461 e. The number of esters is 1. The van der Waals surface area contributed by atoms with Crippen LogP contribution in [0, 0.1) is 11.3 Å². The van der Waals surface area contributed by atoms with Crippen LogP contribution >= 0.6 is 7.75 Å². The number of nitriles is 1. The van der Waals surface area contributed by atoms with Crippen molar-refractivity contribution in [3.63, 3.8) is 0 Å². The molecule has 0 aromatic heterocycles. The molecule has 2 aromatic rings. The summed E-state index contributed by atoms with van der Waals surface area (Å²) >= 11 is 0. The molecular formula is C23H25N2O5P. The second kappa shape index (κ2) is 11.4. The highest BCUT2D eigenvalue weighted by atomic mass is 31.2. The number of carbonyl (C=O) groups is 1. The maximum atomic E-state index is 13.0. The summed E-state index contributed by atoms with van der Waals surface area (Å²) < 4.78 is 32.3. The van der Waals surface area contributed by atoms with E-state index >= 15 is 0 Å². The second-order valence-electron chi connectivity index (χ2n) is 6.21. The lowest BCUT2D eigenvalue weighted by Crippen LogP contribution is -2.34. The van der Waals surface area contributed by atoms with Crippen molar-refractivity contribution in [1.82, 2.24) is 0 Å². The monoisotopic (exact) mass is 440 g/mol. The number of hydrogen-bond donors (Lipinski definition) is 0. The zero-order valence-corrected chi connectivity index (χ0v) is 18.7. The summed E-state index contributed by atoms with van der Waals surface area (Å²) in [5.74, 6) is 1.73. The quantitative estimate of drug-likeness (QED) is 0.227. The van der Waals surface area contributed by atoms with Crippen molar-refractivity contribution >= 4 is 19.6 Å². The molecular weight excluding hydrogens is 415 g/mol. The third kappa shape index (κ3) is 5.58. The van der Waals surface area contributed by atoms with E-state index in [-0.39, 0.29) is 25.4 Å². The molecule has 2 aromatic carbocycles. The van der Waals surface area contributed by atoms with Crippen molar-refractivity contribution in [3.8, 4) is 6.07 Å². The molecule has 0 fully saturated rings. The molecule has 0 unspecified atom stereocenters. The van der Waals surface area contributed by atoms with Crippen LogP contribution in [0.3, 0.4) is 0 Å². The van der Waals surface area contributed by atoms with Crippen LogP contribution in [0.4, 0.5) is 0 Å². The Bertz CT molecular complexity index is 975. The molecule has 0 aliphatic carbocycles. The summed E-state index contributed by atoms with van der Waals surface area (Å²) in [5, 5.41) is 10.4. The van der Waals surface area contributed by atoms with Gasteiger partial charge in [0.2, 0.25) is 0 Å². The Labute approximate surface area is 182 Å². The van der Waals surface area contributed by atoms with Crippen molar-refractivity contribution < 1.29 is 23.1 Å². The summed E-state index contributed by atoms with van der Waals surface area (Å²) in [6, 6.07) is 19.8. The summed E-state index contributed by atoms with van der Waals surface area (Å²) in [4.78, 5) is 13.0. The Morgan fingerprint density at radius 3 is 1.81 bits per heavy atom. The third-order valence-corrected chi connectivity index (χ3v) is 5.82. The van der Waals surface area contributed by atoms with Gasteiger partial charge in [-0.05, 0) is 31.9 Å². The van der Waals surface area contributed by atoms with E-state index in [4.69, 9.17) is 13.8 Å². The highest BCUT2D eigenvalue weighted by Gasteiger charge is 2.44.